The fourth-order valence-corrected chi connectivity index (χ4v) is 1.29. The topological polar surface area (TPSA) is 67.2 Å². The van der Waals surface area contributed by atoms with Crippen molar-refractivity contribution in [2.24, 2.45) is 5.92 Å². The molecule has 1 aliphatic rings. The van der Waals surface area contributed by atoms with Gasteiger partial charge in [-0.2, -0.15) is 0 Å². The lowest BCUT2D eigenvalue weighted by atomic mass is 10.4. The number of aromatic nitrogens is 1. The van der Waals surface area contributed by atoms with Gasteiger partial charge in [-0.15, -0.1) is 0 Å². The first kappa shape index (κ1) is 10.2. The fourth-order valence-electron chi connectivity index (χ4n) is 1.29. The van der Waals surface area contributed by atoms with E-state index in [0.717, 1.165) is 18.2 Å². The first-order valence-corrected chi connectivity index (χ1v) is 5.21. The summed E-state index contributed by atoms with van der Waals surface area (Å²) in [6.07, 6.45) is 4.09. The molecule has 15 heavy (non-hydrogen) atoms. The van der Waals surface area contributed by atoms with Gasteiger partial charge in [0.2, 0.25) is 5.91 Å². The molecule has 0 unspecified atom stereocenters. The van der Waals surface area contributed by atoms with Crippen LogP contribution in [0.4, 0.5) is 0 Å². The molecular weight excluding hydrogens is 194 g/mol. The lowest BCUT2D eigenvalue weighted by Gasteiger charge is -2.04. The SMILES string of the molecule is O=C(CNCC1CC1)NCc1ccon1. The number of nitrogens with one attached hydrogen (secondary N) is 2. The van der Waals surface area contributed by atoms with Crippen LogP contribution < -0.4 is 10.6 Å². The molecule has 2 N–H and O–H groups in total. The summed E-state index contributed by atoms with van der Waals surface area (Å²) >= 11 is 0. The monoisotopic (exact) mass is 209 g/mol. The Morgan fingerprint density at radius 3 is 3.13 bits per heavy atom. The highest BCUT2D eigenvalue weighted by Crippen LogP contribution is 2.27. The number of hydrogen-bond donors (Lipinski definition) is 2. The lowest BCUT2D eigenvalue weighted by molar-refractivity contribution is -0.120. The quantitative estimate of drug-likeness (QED) is 0.706. The molecule has 1 fully saturated rings. The highest BCUT2D eigenvalue weighted by Gasteiger charge is 2.20. The third kappa shape index (κ3) is 3.71. The Morgan fingerprint density at radius 2 is 2.47 bits per heavy atom. The minimum Gasteiger partial charge on any atom is -0.364 e. The molecule has 0 radical (unpaired) electrons. The molecule has 1 aromatic rings. The van der Waals surface area contributed by atoms with Gasteiger partial charge in [0.15, 0.2) is 0 Å². The number of hydrogen-bond acceptors (Lipinski definition) is 4. The van der Waals surface area contributed by atoms with Crippen molar-refractivity contribution in [1.82, 2.24) is 15.8 Å². The average Bonchev–Trinajstić information content (AvgIpc) is 2.91. The van der Waals surface area contributed by atoms with Gasteiger partial charge in [-0.05, 0) is 25.3 Å². The van der Waals surface area contributed by atoms with Crippen molar-refractivity contribution >= 4 is 5.91 Å². The first-order valence-electron chi connectivity index (χ1n) is 5.21. The third-order valence-corrected chi connectivity index (χ3v) is 2.37. The smallest absolute Gasteiger partial charge is 0.234 e. The standard InChI is InChI=1S/C10H15N3O2/c14-10(7-11-5-8-1-2-8)12-6-9-3-4-15-13-9/h3-4,8,11H,1-2,5-7H2,(H,12,14). The number of carbonyl (C=O) groups excluding carboxylic acids is 1. The van der Waals surface area contributed by atoms with Crippen molar-refractivity contribution in [3.8, 4) is 0 Å². The van der Waals surface area contributed by atoms with E-state index in [1.165, 1.54) is 19.1 Å². The predicted octanol–water partition coefficient (Wildman–Crippen LogP) is 0.290. The lowest BCUT2D eigenvalue weighted by Crippen LogP contribution is -2.34. The van der Waals surface area contributed by atoms with Crippen LogP contribution in [0.25, 0.3) is 0 Å². The minimum atomic E-state index is -0.00125. The van der Waals surface area contributed by atoms with E-state index in [4.69, 9.17) is 0 Å². The summed E-state index contributed by atoms with van der Waals surface area (Å²) < 4.78 is 4.65. The van der Waals surface area contributed by atoms with Crippen LogP contribution >= 0.6 is 0 Å². The van der Waals surface area contributed by atoms with E-state index in [1.807, 2.05) is 0 Å². The van der Waals surface area contributed by atoms with Crippen LogP contribution in [0, 0.1) is 5.92 Å². The van der Waals surface area contributed by atoms with Gasteiger partial charge in [0.25, 0.3) is 0 Å². The second-order valence-electron chi connectivity index (χ2n) is 3.84. The normalized spacial score (nSPS) is 15.2. The highest BCUT2D eigenvalue weighted by molar-refractivity contribution is 5.77. The molecule has 0 aromatic carbocycles. The van der Waals surface area contributed by atoms with E-state index in [1.54, 1.807) is 6.07 Å². The molecule has 1 aromatic heterocycles. The van der Waals surface area contributed by atoms with E-state index in [9.17, 15) is 4.79 Å². The Bertz CT molecular complexity index is 306. The molecule has 0 spiro atoms. The summed E-state index contributed by atoms with van der Waals surface area (Å²) in [7, 11) is 0. The largest absolute Gasteiger partial charge is 0.364 e. The summed E-state index contributed by atoms with van der Waals surface area (Å²) in [4.78, 5) is 11.3. The van der Waals surface area contributed by atoms with Gasteiger partial charge < -0.3 is 15.2 Å². The van der Waals surface area contributed by atoms with Crippen LogP contribution in [0.3, 0.4) is 0 Å². The van der Waals surface area contributed by atoms with Gasteiger partial charge in [0, 0.05) is 6.07 Å². The zero-order valence-electron chi connectivity index (χ0n) is 8.53. The van der Waals surface area contributed by atoms with E-state index in [-0.39, 0.29) is 5.91 Å². The summed E-state index contributed by atoms with van der Waals surface area (Å²) in [6.45, 7) is 1.77. The molecular formula is C10H15N3O2. The number of nitrogens with zero attached hydrogens (tertiary/aromatic N) is 1. The van der Waals surface area contributed by atoms with E-state index >= 15 is 0 Å². The van der Waals surface area contributed by atoms with Gasteiger partial charge in [0.1, 0.15) is 12.0 Å². The average molecular weight is 209 g/mol. The van der Waals surface area contributed by atoms with Gasteiger partial charge in [-0.3, -0.25) is 4.79 Å². The van der Waals surface area contributed by atoms with Crippen LogP contribution in [0.15, 0.2) is 16.9 Å². The van der Waals surface area contributed by atoms with Crippen molar-refractivity contribution in [2.75, 3.05) is 13.1 Å². The predicted molar refractivity (Wildman–Crippen MR) is 53.9 cm³/mol. The maximum atomic E-state index is 11.3. The first-order chi connectivity index (χ1) is 7.34. The van der Waals surface area contributed by atoms with Crippen molar-refractivity contribution in [3.05, 3.63) is 18.0 Å². The Labute approximate surface area is 88.2 Å². The second kappa shape index (κ2) is 4.93. The molecule has 1 saturated carbocycles. The molecule has 0 saturated heterocycles. The fraction of sp³-hybridized carbons (Fsp3) is 0.600. The zero-order valence-corrected chi connectivity index (χ0v) is 8.53. The Hall–Kier alpha value is -1.36. The number of amides is 1. The summed E-state index contributed by atoms with van der Waals surface area (Å²) in [5, 5.41) is 9.57. The Morgan fingerprint density at radius 1 is 1.60 bits per heavy atom. The molecule has 2 rings (SSSR count). The number of rotatable bonds is 6. The van der Waals surface area contributed by atoms with Crippen LogP contribution in [0.2, 0.25) is 0 Å². The van der Waals surface area contributed by atoms with E-state index in [2.05, 4.69) is 20.3 Å². The minimum absolute atomic E-state index is 0.00125. The van der Waals surface area contributed by atoms with Crippen LogP contribution in [-0.2, 0) is 11.3 Å². The zero-order chi connectivity index (χ0) is 10.5. The van der Waals surface area contributed by atoms with Gasteiger partial charge in [-0.25, -0.2) is 0 Å². The Kier molecular flexibility index (Phi) is 3.34. The molecule has 1 heterocycles. The molecule has 1 amide bonds. The molecule has 82 valence electrons. The summed E-state index contributed by atoms with van der Waals surface area (Å²) in [6, 6.07) is 1.73. The summed E-state index contributed by atoms with van der Waals surface area (Å²) in [5.41, 5.74) is 0.741. The molecule has 5 heteroatoms. The van der Waals surface area contributed by atoms with Crippen LogP contribution in [0.5, 0.6) is 0 Å². The van der Waals surface area contributed by atoms with Crippen molar-refractivity contribution in [1.29, 1.82) is 0 Å². The van der Waals surface area contributed by atoms with E-state index in [0.29, 0.717) is 13.1 Å². The maximum Gasteiger partial charge on any atom is 0.234 e. The van der Waals surface area contributed by atoms with Gasteiger partial charge in [0.05, 0.1) is 13.1 Å². The third-order valence-electron chi connectivity index (χ3n) is 2.37. The Balaban J connectivity index is 1.55. The van der Waals surface area contributed by atoms with Crippen LogP contribution in [-0.4, -0.2) is 24.2 Å². The molecule has 1 aliphatic carbocycles. The maximum absolute atomic E-state index is 11.3. The second-order valence-corrected chi connectivity index (χ2v) is 3.84. The molecule has 5 nitrogen and oxygen atoms in total. The summed E-state index contributed by atoms with van der Waals surface area (Å²) in [5.74, 6) is 0.798. The van der Waals surface area contributed by atoms with Crippen LogP contribution in [0.1, 0.15) is 18.5 Å². The van der Waals surface area contributed by atoms with E-state index < -0.39 is 0 Å². The molecule has 0 atom stereocenters. The van der Waals surface area contributed by atoms with Crippen molar-refractivity contribution in [2.45, 2.75) is 19.4 Å². The van der Waals surface area contributed by atoms with Gasteiger partial charge in [-0.1, -0.05) is 5.16 Å². The number of carbonyl (C=O) groups is 1. The molecule has 0 bridgehead atoms. The van der Waals surface area contributed by atoms with Crippen molar-refractivity contribution < 1.29 is 9.32 Å². The molecule has 0 aliphatic heterocycles. The highest BCUT2D eigenvalue weighted by atomic mass is 16.5. The van der Waals surface area contributed by atoms with Gasteiger partial charge >= 0.3 is 0 Å². The van der Waals surface area contributed by atoms with Crippen molar-refractivity contribution in [3.63, 3.8) is 0 Å².